The third kappa shape index (κ3) is 5.07. The number of alkyl halides is 2. The van der Waals surface area contributed by atoms with Crippen molar-refractivity contribution in [2.24, 2.45) is 0 Å². The third-order valence-electron chi connectivity index (χ3n) is 5.06. The maximum atomic E-state index is 14.7. The Hall–Kier alpha value is -2.60. The molecule has 0 aliphatic heterocycles. The molecule has 0 aliphatic carbocycles. The monoisotopic (exact) mass is 464 g/mol. The Labute approximate surface area is 186 Å². The normalized spacial score (nSPS) is 13.1. The van der Waals surface area contributed by atoms with E-state index < -0.39 is 31.0 Å². The van der Waals surface area contributed by atoms with Gasteiger partial charge in [0.2, 0.25) is 0 Å². The van der Waals surface area contributed by atoms with Crippen LogP contribution in [0.3, 0.4) is 0 Å². The molecule has 32 heavy (non-hydrogen) atoms. The van der Waals surface area contributed by atoms with Crippen LogP contribution in [0.2, 0.25) is 0 Å². The Morgan fingerprint density at radius 3 is 2.25 bits per heavy atom. The summed E-state index contributed by atoms with van der Waals surface area (Å²) in [6.45, 7) is 10.8. The van der Waals surface area contributed by atoms with Crippen molar-refractivity contribution in [3.05, 3.63) is 53.1 Å². The Kier molecular flexibility index (Phi) is 6.84. The number of halogens is 3. The van der Waals surface area contributed by atoms with E-state index in [9.17, 15) is 17.7 Å². The van der Waals surface area contributed by atoms with Crippen molar-refractivity contribution in [2.45, 2.75) is 46.2 Å². The summed E-state index contributed by atoms with van der Waals surface area (Å²) in [6.07, 6.45) is -2.90. The van der Waals surface area contributed by atoms with Crippen LogP contribution in [0.25, 0.3) is 10.9 Å². The van der Waals surface area contributed by atoms with Gasteiger partial charge in [0, 0.05) is 28.0 Å². The van der Waals surface area contributed by atoms with E-state index in [1.807, 2.05) is 19.9 Å². The predicted molar refractivity (Wildman–Crippen MR) is 126 cm³/mol. The van der Waals surface area contributed by atoms with Crippen molar-refractivity contribution in [3.63, 3.8) is 0 Å². The van der Waals surface area contributed by atoms with Crippen LogP contribution in [0.1, 0.15) is 50.2 Å². The van der Waals surface area contributed by atoms with Crippen molar-refractivity contribution in [2.75, 3.05) is 24.0 Å². The van der Waals surface area contributed by atoms with Crippen LogP contribution in [0.4, 0.5) is 24.7 Å². The first kappa shape index (κ1) is 24.1. The summed E-state index contributed by atoms with van der Waals surface area (Å²) in [4.78, 5) is 8.97. The standard InChI is InChI=1S/C23H28F3N4OP/c1-12(2)27-19-11-18-17(10-20(19)32(5,6)31)23(30-14(4)29-18)28-13(3)15-8-7-9-16(21(15)24)22(25)26/h7-13,22,27H,1-6H3,(H,28,29,30). The molecule has 0 amide bonds. The number of rotatable bonds is 7. The van der Waals surface area contributed by atoms with Crippen LogP contribution in [-0.2, 0) is 4.57 Å². The summed E-state index contributed by atoms with van der Waals surface area (Å²) in [5.74, 6) is -0.0191. The Morgan fingerprint density at radius 2 is 1.66 bits per heavy atom. The Bertz CT molecular complexity index is 1190. The third-order valence-corrected chi connectivity index (χ3v) is 6.59. The second-order valence-electron chi connectivity index (χ2n) is 8.57. The lowest BCUT2D eigenvalue weighted by Crippen LogP contribution is -2.19. The zero-order chi connectivity index (χ0) is 23.8. The number of benzene rings is 2. The Balaban J connectivity index is 2.13. The number of hydrogen-bond donors (Lipinski definition) is 2. The molecular formula is C23H28F3N4OP. The van der Waals surface area contributed by atoms with Gasteiger partial charge in [-0.05, 0) is 53.2 Å². The fraction of sp³-hybridized carbons (Fsp3) is 0.391. The zero-order valence-corrected chi connectivity index (χ0v) is 19.9. The van der Waals surface area contributed by atoms with E-state index in [1.165, 1.54) is 12.1 Å². The van der Waals surface area contributed by atoms with Crippen LogP contribution in [-0.4, -0.2) is 29.3 Å². The lowest BCUT2D eigenvalue weighted by molar-refractivity contribution is 0.146. The molecule has 0 bridgehead atoms. The Morgan fingerprint density at radius 1 is 1.00 bits per heavy atom. The van der Waals surface area contributed by atoms with Crippen molar-refractivity contribution >= 4 is 34.9 Å². The highest BCUT2D eigenvalue weighted by Crippen LogP contribution is 2.40. The summed E-state index contributed by atoms with van der Waals surface area (Å²) >= 11 is 0. The van der Waals surface area contributed by atoms with Crippen molar-refractivity contribution in [3.8, 4) is 0 Å². The number of aryl methyl sites for hydroxylation is 1. The molecule has 0 aliphatic rings. The van der Waals surface area contributed by atoms with Gasteiger partial charge in [-0.2, -0.15) is 0 Å². The van der Waals surface area contributed by atoms with E-state index in [0.717, 1.165) is 11.8 Å². The van der Waals surface area contributed by atoms with E-state index in [0.29, 0.717) is 27.8 Å². The van der Waals surface area contributed by atoms with Crippen molar-refractivity contribution < 1.29 is 17.7 Å². The minimum Gasteiger partial charge on any atom is -0.382 e. The molecule has 1 unspecified atom stereocenters. The molecule has 1 aromatic heterocycles. The molecule has 9 heteroatoms. The van der Waals surface area contributed by atoms with Gasteiger partial charge in [-0.15, -0.1) is 0 Å². The van der Waals surface area contributed by atoms with Crippen LogP contribution >= 0.6 is 7.14 Å². The van der Waals surface area contributed by atoms with E-state index in [4.69, 9.17) is 0 Å². The number of anilines is 2. The molecule has 1 atom stereocenters. The molecule has 3 rings (SSSR count). The molecule has 2 aromatic carbocycles. The average molecular weight is 464 g/mol. The van der Waals surface area contributed by atoms with Gasteiger partial charge in [0.25, 0.3) is 6.43 Å². The van der Waals surface area contributed by atoms with Gasteiger partial charge in [-0.3, -0.25) is 0 Å². The number of nitrogens with zero attached hydrogens (tertiary/aromatic N) is 2. The van der Waals surface area contributed by atoms with Gasteiger partial charge in [0.15, 0.2) is 0 Å². The van der Waals surface area contributed by atoms with Crippen molar-refractivity contribution in [1.29, 1.82) is 0 Å². The lowest BCUT2D eigenvalue weighted by Gasteiger charge is -2.21. The van der Waals surface area contributed by atoms with E-state index in [2.05, 4.69) is 20.6 Å². The highest BCUT2D eigenvalue weighted by Gasteiger charge is 2.23. The SMILES string of the molecule is Cc1nc(NC(C)c2cccc(C(F)F)c2F)c2cc(P(C)(C)=O)c(NC(C)C)cc2n1. The largest absolute Gasteiger partial charge is 0.382 e. The van der Waals surface area contributed by atoms with Crippen LogP contribution in [0.15, 0.2) is 30.3 Å². The summed E-state index contributed by atoms with van der Waals surface area (Å²) in [5.41, 5.74) is 0.856. The first-order valence-electron chi connectivity index (χ1n) is 10.4. The smallest absolute Gasteiger partial charge is 0.266 e. The number of aromatic nitrogens is 2. The molecule has 0 radical (unpaired) electrons. The van der Waals surface area contributed by atoms with Crippen molar-refractivity contribution in [1.82, 2.24) is 9.97 Å². The zero-order valence-electron chi connectivity index (χ0n) is 19.0. The highest BCUT2D eigenvalue weighted by molar-refractivity contribution is 7.70. The van der Waals surface area contributed by atoms with Gasteiger partial charge in [-0.25, -0.2) is 23.1 Å². The van der Waals surface area contributed by atoms with E-state index in [1.54, 1.807) is 33.2 Å². The summed E-state index contributed by atoms with van der Waals surface area (Å²) in [6, 6.07) is 7.08. The molecule has 0 saturated carbocycles. The van der Waals surface area contributed by atoms with Gasteiger partial charge in [-0.1, -0.05) is 18.2 Å². The molecule has 172 valence electrons. The molecule has 1 heterocycles. The topological polar surface area (TPSA) is 66.9 Å². The van der Waals surface area contributed by atoms with E-state index in [-0.39, 0.29) is 11.6 Å². The molecule has 2 N–H and O–H groups in total. The minimum absolute atomic E-state index is 0.113. The molecule has 3 aromatic rings. The van der Waals surface area contributed by atoms with Gasteiger partial charge >= 0.3 is 0 Å². The quantitative estimate of drug-likeness (QED) is 0.404. The molecule has 0 fully saturated rings. The first-order valence-corrected chi connectivity index (χ1v) is 13.0. The van der Waals surface area contributed by atoms with Gasteiger partial charge in [0.1, 0.15) is 24.6 Å². The molecule has 0 saturated heterocycles. The van der Waals surface area contributed by atoms with Gasteiger partial charge in [0.05, 0.1) is 17.1 Å². The minimum atomic E-state index is -2.90. The number of fused-ring (bicyclic) bond motifs is 1. The predicted octanol–water partition coefficient (Wildman–Crippen LogP) is 6.26. The number of nitrogens with one attached hydrogen (secondary N) is 2. The van der Waals surface area contributed by atoms with Crippen LogP contribution < -0.4 is 15.9 Å². The summed E-state index contributed by atoms with van der Waals surface area (Å²) in [5, 5.41) is 7.76. The maximum absolute atomic E-state index is 14.7. The van der Waals surface area contributed by atoms with E-state index >= 15 is 0 Å². The molecular weight excluding hydrogens is 436 g/mol. The fourth-order valence-electron chi connectivity index (χ4n) is 3.62. The second kappa shape index (κ2) is 9.10. The van der Waals surface area contributed by atoms with Crippen LogP contribution in [0, 0.1) is 12.7 Å². The summed E-state index contributed by atoms with van der Waals surface area (Å²) in [7, 11) is -2.65. The number of hydrogen-bond acceptors (Lipinski definition) is 5. The highest BCUT2D eigenvalue weighted by atomic mass is 31.2. The maximum Gasteiger partial charge on any atom is 0.266 e. The van der Waals surface area contributed by atoms with Gasteiger partial charge < -0.3 is 15.2 Å². The molecule has 5 nitrogen and oxygen atoms in total. The average Bonchev–Trinajstić information content (AvgIpc) is 2.65. The second-order valence-corrected chi connectivity index (χ2v) is 11.8. The first-order chi connectivity index (χ1) is 14.9. The lowest BCUT2D eigenvalue weighted by atomic mass is 10.0. The fourth-order valence-corrected chi connectivity index (χ4v) is 4.77. The van der Waals surface area contributed by atoms with Crippen LogP contribution in [0.5, 0.6) is 0 Å². The molecule has 0 spiro atoms. The summed E-state index contributed by atoms with van der Waals surface area (Å²) < 4.78 is 53.9.